The maximum Gasteiger partial charge on any atom is 0.244 e. The zero-order chi connectivity index (χ0) is 18.7. The van der Waals surface area contributed by atoms with Crippen molar-refractivity contribution in [1.82, 2.24) is 10.2 Å². The monoisotopic (exact) mass is 408 g/mol. The minimum atomic E-state index is -0.357. The van der Waals surface area contributed by atoms with E-state index >= 15 is 0 Å². The number of nitrogens with one attached hydrogen (secondary N) is 1. The van der Waals surface area contributed by atoms with E-state index in [-0.39, 0.29) is 23.6 Å². The molecule has 26 heavy (non-hydrogen) atoms. The van der Waals surface area contributed by atoms with Crippen LogP contribution in [-0.2, 0) is 9.59 Å². The quantitative estimate of drug-likeness (QED) is 0.734. The predicted molar refractivity (Wildman–Crippen MR) is 108 cm³/mol. The van der Waals surface area contributed by atoms with Crippen LogP contribution in [0.15, 0.2) is 32.9 Å². The summed E-state index contributed by atoms with van der Waals surface area (Å²) in [6.45, 7) is 6.20. The van der Waals surface area contributed by atoms with Crippen molar-refractivity contribution in [3.63, 3.8) is 0 Å². The number of carbonyl (C=O) groups is 2. The maximum atomic E-state index is 12.9. The Morgan fingerprint density at radius 2 is 2.00 bits per heavy atom. The number of anilines is 2. The smallest absolute Gasteiger partial charge is 0.244 e. The Hall–Kier alpha value is -1.58. The molecule has 1 atom stereocenters. The summed E-state index contributed by atoms with van der Waals surface area (Å²) < 4.78 is 1.69. The van der Waals surface area contributed by atoms with E-state index in [9.17, 15) is 9.59 Å². The summed E-state index contributed by atoms with van der Waals surface area (Å²) >= 11 is 4.58. The highest BCUT2D eigenvalue weighted by molar-refractivity contribution is 8.03. The van der Waals surface area contributed by atoms with Gasteiger partial charge in [-0.25, -0.2) is 0 Å². The maximum absolute atomic E-state index is 12.9. The van der Waals surface area contributed by atoms with Gasteiger partial charge in [-0.3, -0.25) is 14.5 Å². The van der Waals surface area contributed by atoms with Crippen molar-refractivity contribution in [2.24, 2.45) is 5.92 Å². The van der Waals surface area contributed by atoms with E-state index in [1.54, 1.807) is 22.7 Å². The Morgan fingerprint density at radius 3 is 2.77 bits per heavy atom. The van der Waals surface area contributed by atoms with Gasteiger partial charge >= 0.3 is 0 Å². The molecule has 2 heterocycles. The van der Waals surface area contributed by atoms with E-state index in [0.29, 0.717) is 11.6 Å². The Kier molecular flexibility index (Phi) is 6.20. The second-order valence-electron chi connectivity index (χ2n) is 6.29. The fourth-order valence-corrected chi connectivity index (χ4v) is 5.59. The van der Waals surface area contributed by atoms with E-state index in [1.165, 1.54) is 23.1 Å². The average molecular weight is 409 g/mol. The van der Waals surface area contributed by atoms with Gasteiger partial charge in [0, 0.05) is 5.75 Å². The van der Waals surface area contributed by atoms with Crippen molar-refractivity contribution < 1.29 is 9.59 Å². The first-order chi connectivity index (χ1) is 12.4. The standard InChI is InChI=1S/C17H20N4O2S3/c1-10(2)9-24-16-19-20-17(26-16)25-11(3)15(23)21-8-14(22)18-12-6-4-5-7-13(12)21/h4-7,10-11H,8-9H2,1-3H3,(H,18,22)/t11-/m1/s1. The van der Waals surface area contributed by atoms with Crippen LogP contribution in [0.25, 0.3) is 0 Å². The molecule has 1 aromatic heterocycles. The average Bonchev–Trinajstić information content (AvgIpc) is 3.06. The first-order valence-corrected chi connectivity index (χ1v) is 11.0. The van der Waals surface area contributed by atoms with E-state index in [0.717, 1.165) is 20.1 Å². The number of para-hydroxylation sites is 2. The third-order valence-corrected chi connectivity index (χ3v) is 7.25. The van der Waals surface area contributed by atoms with Gasteiger partial charge in [0.05, 0.1) is 16.6 Å². The molecule has 1 aliphatic rings. The summed E-state index contributed by atoms with van der Waals surface area (Å²) in [6.07, 6.45) is 0. The van der Waals surface area contributed by atoms with Gasteiger partial charge in [0.2, 0.25) is 11.8 Å². The van der Waals surface area contributed by atoms with Crippen LogP contribution < -0.4 is 10.2 Å². The fourth-order valence-electron chi connectivity index (χ4n) is 2.39. The summed E-state index contributed by atoms with van der Waals surface area (Å²) in [5, 5.41) is 10.8. The summed E-state index contributed by atoms with van der Waals surface area (Å²) in [6, 6.07) is 7.34. The number of hydrogen-bond donors (Lipinski definition) is 1. The van der Waals surface area contributed by atoms with Crippen molar-refractivity contribution in [2.45, 2.75) is 34.7 Å². The minimum Gasteiger partial charge on any atom is -0.323 e. The highest BCUT2D eigenvalue weighted by Gasteiger charge is 2.30. The van der Waals surface area contributed by atoms with E-state index < -0.39 is 0 Å². The number of nitrogens with zero attached hydrogens (tertiary/aromatic N) is 3. The van der Waals surface area contributed by atoms with Crippen molar-refractivity contribution in [3.8, 4) is 0 Å². The number of carbonyl (C=O) groups excluding carboxylic acids is 2. The number of rotatable bonds is 6. The zero-order valence-corrected chi connectivity index (χ0v) is 17.2. The second-order valence-corrected chi connectivity index (χ2v) is 10.1. The second kappa shape index (κ2) is 8.41. The number of thioether (sulfide) groups is 2. The van der Waals surface area contributed by atoms with E-state index in [2.05, 4.69) is 29.4 Å². The number of fused-ring (bicyclic) bond motifs is 1. The summed E-state index contributed by atoms with van der Waals surface area (Å²) in [5.74, 6) is 1.29. The number of benzene rings is 1. The van der Waals surface area contributed by atoms with Crippen LogP contribution in [0.1, 0.15) is 20.8 Å². The van der Waals surface area contributed by atoms with E-state index in [1.807, 2.05) is 25.1 Å². The number of hydrogen-bond acceptors (Lipinski definition) is 7. The number of amides is 2. The summed E-state index contributed by atoms with van der Waals surface area (Å²) in [4.78, 5) is 26.4. The molecule has 1 aliphatic heterocycles. The summed E-state index contributed by atoms with van der Waals surface area (Å²) in [5.41, 5.74) is 1.40. The summed E-state index contributed by atoms with van der Waals surface area (Å²) in [7, 11) is 0. The molecule has 9 heteroatoms. The lowest BCUT2D eigenvalue weighted by Gasteiger charge is -2.30. The molecule has 1 aromatic carbocycles. The molecule has 2 amide bonds. The van der Waals surface area contributed by atoms with Crippen LogP contribution in [0, 0.1) is 5.92 Å². The largest absolute Gasteiger partial charge is 0.323 e. The molecule has 138 valence electrons. The zero-order valence-electron chi connectivity index (χ0n) is 14.8. The molecule has 2 aromatic rings. The van der Waals surface area contributed by atoms with Gasteiger partial charge in [0.15, 0.2) is 8.68 Å². The van der Waals surface area contributed by atoms with Crippen molar-refractivity contribution in [1.29, 1.82) is 0 Å². The van der Waals surface area contributed by atoms with Gasteiger partial charge < -0.3 is 5.32 Å². The Morgan fingerprint density at radius 1 is 1.27 bits per heavy atom. The molecule has 0 fully saturated rings. The number of aromatic nitrogens is 2. The normalized spacial score (nSPS) is 14.9. The van der Waals surface area contributed by atoms with Crippen LogP contribution in [0.5, 0.6) is 0 Å². The lowest BCUT2D eigenvalue weighted by Crippen LogP contribution is -2.45. The van der Waals surface area contributed by atoms with Gasteiger partial charge in [-0.2, -0.15) is 0 Å². The highest BCUT2D eigenvalue weighted by Crippen LogP contribution is 2.35. The molecular weight excluding hydrogens is 388 g/mol. The molecule has 0 bridgehead atoms. The van der Waals surface area contributed by atoms with Gasteiger partial charge in [0.1, 0.15) is 6.54 Å². The van der Waals surface area contributed by atoms with Gasteiger partial charge in [-0.1, -0.05) is 60.8 Å². The molecular formula is C17H20N4O2S3. The van der Waals surface area contributed by atoms with Gasteiger partial charge in [-0.05, 0) is 25.0 Å². The minimum absolute atomic E-state index is 0.0341. The molecule has 1 N–H and O–H groups in total. The van der Waals surface area contributed by atoms with E-state index in [4.69, 9.17) is 0 Å². The van der Waals surface area contributed by atoms with Crippen molar-refractivity contribution in [2.75, 3.05) is 22.5 Å². The van der Waals surface area contributed by atoms with Crippen LogP contribution in [-0.4, -0.2) is 39.6 Å². The molecule has 0 saturated heterocycles. The highest BCUT2D eigenvalue weighted by atomic mass is 32.2. The molecule has 0 radical (unpaired) electrons. The topological polar surface area (TPSA) is 75.2 Å². The third kappa shape index (κ3) is 4.57. The fraction of sp³-hybridized carbons (Fsp3) is 0.412. The van der Waals surface area contributed by atoms with Crippen LogP contribution >= 0.6 is 34.9 Å². The Balaban J connectivity index is 1.68. The van der Waals surface area contributed by atoms with Crippen molar-refractivity contribution >= 4 is 58.0 Å². The van der Waals surface area contributed by atoms with Crippen LogP contribution in [0.4, 0.5) is 11.4 Å². The third-order valence-electron chi connectivity index (χ3n) is 3.59. The SMILES string of the molecule is CC(C)CSc1nnc(S[C@H](C)C(=O)N2CC(=O)Nc3ccccc32)s1. The molecule has 0 spiro atoms. The molecule has 0 aliphatic carbocycles. The first kappa shape index (κ1) is 19.2. The molecule has 3 rings (SSSR count). The Labute approximate surface area is 165 Å². The van der Waals surface area contributed by atoms with Crippen molar-refractivity contribution in [3.05, 3.63) is 24.3 Å². The lowest BCUT2D eigenvalue weighted by molar-refractivity contribution is -0.121. The molecule has 0 saturated carbocycles. The first-order valence-electron chi connectivity index (χ1n) is 8.27. The Bertz CT molecular complexity index is 809. The van der Waals surface area contributed by atoms with Gasteiger partial charge in [-0.15, -0.1) is 10.2 Å². The molecule has 6 nitrogen and oxygen atoms in total. The predicted octanol–water partition coefficient (Wildman–Crippen LogP) is 3.75. The van der Waals surface area contributed by atoms with Crippen LogP contribution in [0.2, 0.25) is 0 Å². The lowest BCUT2D eigenvalue weighted by atomic mass is 10.2. The van der Waals surface area contributed by atoms with Crippen LogP contribution in [0.3, 0.4) is 0 Å². The molecule has 0 unspecified atom stereocenters. The van der Waals surface area contributed by atoms with Gasteiger partial charge in [0.25, 0.3) is 0 Å².